The highest BCUT2D eigenvalue weighted by molar-refractivity contribution is 5.96. The van der Waals surface area contributed by atoms with Gasteiger partial charge in [-0.25, -0.2) is 0 Å². The number of nitrogens with two attached hydrogens (primary N) is 1. The van der Waals surface area contributed by atoms with Crippen molar-refractivity contribution in [1.82, 2.24) is 14.7 Å². The summed E-state index contributed by atoms with van der Waals surface area (Å²) in [6.45, 7) is 7.42. The molecule has 2 unspecified atom stereocenters. The first kappa shape index (κ1) is 13.1. The zero-order valence-corrected chi connectivity index (χ0v) is 11.6. The number of hydrogen-bond donors (Lipinski definition) is 1. The zero-order valence-electron chi connectivity index (χ0n) is 11.6. The van der Waals surface area contributed by atoms with Crippen LogP contribution in [-0.4, -0.2) is 39.7 Å². The van der Waals surface area contributed by atoms with Crippen LogP contribution in [0.3, 0.4) is 0 Å². The fraction of sp³-hybridized carbons (Fsp3) is 0.692. The number of amides is 1. The van der Waals surface area contributed by atoms with E-state index >= 15 is 0 Å². The van der Waals surface area contributed by atoms with Gasteiger partial charge in [-0.05, 0) is 26.2 Å². The molecule has 5 nitrogen and oxygen atoms in total. The van der Waals surface area contributed by atoms with E-state index in [0.717, 1.165) is 36.5 Å². The Labute approximate surface area is 108 Å². The molecular formula is C13H22N4O. The third kappa shape index (κ3) is 2.14. The van der Waals surface area contributed by atoms with Crippen LogP contribution in [0.2, 0.25) is 0 Å². The van der Waals surface area contributed by atoms with Crippen molar-refractivity contribution in [1.29, 1.82) is 0 Å². The molecular weight excluding hydrogens is 228 g/mol. The number of piperidine rings is 1. The van der Waals surface area contributed by atoms with Gasteiger partial charge >= 0.3 is 0 Å². The standard InChI is InChI=1S/C13H22N4O/c1-8-7-17(6-5-11(8)14)13(18)12-9(2)15-16(4)10(12)3/h8,11H,5-7,14H2,1-4H3. The predicted octanol–water partition coefficient (Wildman–Crippen LogP) is 0.846. The molecule has 100 valence electrons. The lowest BCUT2D eigenvalue weighted by Gasteiger charge is -2.35. The van der Waals surface area contributed by atoms with Crippen molar-refractivity contribution in [2.75, 3.05) is 13.1 Å². The van der Waals surface area contributed by atoms with E-state index < -0.39 is 0 Å². The van der Waals surface area contributed by atoms with Crippen LogP contribution in [0.4, 0.5) is 0 Å². The van der Waals surface area contributed by atoms with Crippen LogP contribution < -0.4 is 5.73 Å². The average Bonchev–Trinajstić information content (AvgIpc) is 2.56. The highest BCUT2D eigenvalue weighted by Gasteiger charge is 2.29. The molecule has 0 aliphatic carbocycles. The maximum atomic E-state index is 12.5. The van der Waals surface area contributed by atoms with E-state index in [1.807, 2.05) is 25.8 Å². The Balaban J connectivity index is 2.21. The SMILES string of the molecule is Cc1nn(C)c(C)c1C(=O)N1CCC(N)C(C)C1. The summed E-state index contributed by atoms with van der Waals surface area (Å²) in [7, 11) is 1.87. The topological polar surface area (TPSA) is 64.2 Å². The van der Waals surface area contributed by atoms with Crippen LogP contribution in [0.5, 0.6) is 0 Å². The molecule has 2 heterocycles. The summed E-state index contributed by atoms with van der Waals surface area (Å²) in [6, 6.07) is 0.213. The molecule has 2 atom stereocenters. The Morgan fingerprint density at radius 3 is 2.61 bits per heavy atom. The van der Waals surface area contributed by atoms with Crippen molar-refractivity contribution >= 4 is 5.91 Å². The van der Waals surface area contributed by atoms with Crippen LogP contribution in [-0.2, 0) is 7.05 Å². The van der Waals surface area contributed by atoms with E-state index in [2.05, 4.69) is 12.0 Å². The monoisotopic (exact) mass is 250 g/mol. The van der Waals surface area contributed by atoms with Crippen molar-refractivity contribution in [2.45, 2.75) is 33.2 Å². The number of hydrogen-bond acceptors (Lipinski definition) is 3. The largest absolute Gasteiger partial charge is 0.338 e. The molecule has 2 rings (SSSR count). The summed E-state index contributed by atoms with van der Waals surface area (Å²) in [5.41, 5.74) is 8.48. The highest BCUT2D eigenvalue weighted by atomic mass is 16.2. The Morgan fingerprint density at radius 2 is 2.11 bits per heavy atom. The average molecular weight is 250 g/mol. The van der Waals surface area contributed by atoms with Crippen LogP contribution >= 0.6 is 0 Å². The van der Waals surface area contributed by atoms with Gasteiger partial charge in [0.1, 0.15) is 0 Å². The minimum Gasteiger partial charge on any atom is -0.338 e. The maximum absolute atomic E-state index is 12.5. The van der Waals surface area contributed by atoms with Gasteiger partial charge in [0.2, 0.25) is 0 Å². The second-order valence-corrected chi connectivity index (χ2v) is 5.35. The highest BCUT2D eigenvalue weighted by Crippen LogP contribution is 2.20. The van der Waals surface area contributed by atoms with Crippen LogP contribution in [0, 0.1) is 19.8 Å². The summed E-state index contributed by atoms with van der Waals surface area (Å²) >= 11 is 0. The first-order chi connectivity index (χ1) is 8.41. The minimum atomic E-state index is 0.0943. The predicted molar refractivity (Wildman–Crippen MR) is 70.3 cm³/mol. The molecule has 1 aromatic rings. The van der Waals surface area contributed by atoms with Gasteiger partial charge in [0.05, 0.1) is 11.3 Å². The molecule has 0 aromatic carbocycles. The Hall–Kier alpha value is -1.36. The lowest BCUT2D eigenvalue weighted by Crippen LogP contribution is -2.48. The van der Waals surface area contributed by atoms with Gasteiger partial charge in [-0.15, -0.1) is 0 Å². The van der Waals surface area contributed by atoms with Crippen molar-refractivity contribution in [3.05, 3.63) is 17.0 Å². The smallest absolute Gasteiger partial charge is 0.257 e. The van der Waals surface area contributed by atoms with Gasteiger partial charge in [-0.3, -0.25) is 9.48 Å². The number of carbonyl (C=O) groups excluding carboxylic acids is 1. The second kappa shape index (κ2) is 4.72. The lowest BCUT2D eigenvalue weighted by atomic mass is 9.94. The van der Waals surface area contributed by atoms with Crippen molar-refractivity contribution < 1.29 is 4.79 Å². The molecule has 2 N–H and O–H groups in total. The fourth-order valence-electron chi connectivity index (χ4n) is 2.59. The number of nitrogens with zero attached hydrogens (tertiary/aromatic N) is 3. The van der Waals surface area contributed by atoms with Crippen LogP contribution in [0.1, 0.15) is 35.1 Å². The number of aryl methyl sites for hydroxylation is 2. The number of rotatable bonds is 1. The van der Waals surface area contributed by atoms with Gasteiger partial charge in [0.25, 0.3) is 5.91 Å². The molecule has 0 radical (unpaired) electrons. The summed E-state index contributed by atoms with van der Waals surface area (Å²) < 4.78 is 1.77. The molecule has 1 aliphatic heterocycles. The normalized spacial score (nSPS) is 24.4. The van der Waals surface area contributed by atoms with Crippen molar-refractivity contribution in [3.63, 3.8) is 0 Å². The van der Waals surface area contributed by atoms with E-state index in [1.54, 1.807) is 4.68 Å². The van der Waals surface area contributed by atoms with Gasteiger partial charge in [-0.2, -0.15) is 5.10 Å². The quantitative estimate of drug-likeness (QED) is 0.803. The van der Waals surface area contributed by atoms with E-state index in [1.165, 1.54) is 0 Å². The lowest BCUT2D eigenvalue weighted by molar-refractivity contribution is 0.0662. The minimum absolute atomic E-state index is 0.0943. The van der Waals surface area contributed by atoms with Gasteiger partial charge in [-0.1, -0.05) is 6.92 Å². The summed E-state index contributed by atoms with van der Waals surface area (Å²) in [6.07, 6.45) is 0.880. The van der Waals surface area contributed by atoms with Crippen LogP contribution in [0.15, 0.2) is 0 Å². The number of likely N-dealkylation sites (tertiary alicyclic amines) is 1. The molecule has 1 amide bonds. The van der Waals surface area contributed by atoms with E-state index in [-0.39, 0.29) is 11.9 Å². The molecule has 0 spiro atoms. The summed E-state index contributed by atoms with van der Waals surface area (Å²) in [5.74, 6) is 0.455. The van der Waals surface area contributed by atoms with Gasteiger partial charge < -0.3 is 10.6 Å². The fourth-order valence-corrected chi connectivity index (χ4v) is 2.59. The summed E-state index contributed by atoms with van der Waals surface area (Å²) in [5, 5.41) is 4.30. The Bertz CT molecular complexity index is 466. The number of aromatic nitrogens is 2. The van der Waals surface area contributed by atoms with E-state index in [4.69, 9.17) is 5.73 Å². The maximum Gasteiger partial charge on any atom is 0.257 e. The van der Waals surface area contributed by atoms with Crippen molar-refractivity contribution in [2.24, 2.45) is 18.7 Å². The van der Waals surface area contributed by atoms with Gasteiger partial charge in [0.15, 0.2) is 0 Å². The third-order valence-electron chi connectivity index (χ3n) is 3.98. The van der Waals surface area contributed by atoms with E-state index in [9.17, 15) is 4.79 Å². The molecule has 1 saturated heterocycles. The Morgan fingerprint density at radius 1 is 1.44 bits per heavy atom. The molecule has 1 fully saturated rings. The molecule has 1 aromatic heterocycles. The zero-order chi connectivity index (χ0) is 13.4. The summed E-state index contributed by atoms with van der Waals surface area (Å²) in [4.78, 5) is 14.4. The third-order valence-corrected chi connectivity index (χ3v) is 3.98. The first-order valence-electron chi connectivity index (χ1n) is 6.47. The molecule has 0 saturated carbocycles. The van der Waals surface area contributed by atoms with Crippen molar-refractivity contribution in [3.8, 4) is 0 Å². The molecule has 0 bridgehead atoms. The van der Waals surface area contributed by atoms with Gasteiger partial charge in [0, 0.05) is 31.9 Å². The molecule has 5 heteroatoms. The van der Waals surface area contributed by atoms with Crippen LogP contribution in [0.25, 0.3) is 0 Å². The molecule has 1 aliphatic rings. The van der Waals surface area contributed by atoms with E-state index in [0.29, 0.717) is 5.92 Å². The second-order valence-electron chi connectivity index (χ2n) is 5.35. The number of carbonyl (C=O) groups is 1. The first-order valence-corrected chi connectivity index (χ1v) is 6.47. The molecule has 18 heavy (non-hydrogen) atoms. The Kier molecular flexibility index (Phi) is 3.43.